The van der Waals surface area contributed by atoms with Gasteiger partial charge in [0.05, 0.1) is 6.61 Å². The fourth-order valence-electron chi connectivity index (χ4n) is 3.80. The number of ether oxygens (including phenoxy) is 1. The van der Waals surface area contributed by atoms with Crippen LogP contribution in [-0.4, -0.2) is 42.2 Å². The SMILES string of the molecule is O=C(O)CCCN1CCC(COc2ccc(F)c3c2CCC3)CC1. The molecule has 1 aliphatic heterocycles. The van der Waals surface area contributed by atoms with Gasteiger partial charge in [-0.05, 0) is 81.8 Å². The number of halogens is 1. The molecule has 0 amide bonds. The molecule has 1 N–H and O–H groups in total. The van der Waals surface area contributed by atoms with E-state index in [1.807, 2.05) is 0 Å². The summed E-state index contributed by atoms with van der Waals surface area (Å²) in [6, 6.07) is 3.31. The van der Waals surface area contributed by atoms with Crippen molar-refractivity contribution in [3.05, 3.63) is 29.1 Å². The number of carbonyl (C=O) groups is 1. The van der Waals surface area contributed by atoms with Gasteiger partial charge in [0.2, 0.25) is 0 Å². The minimum Gasteiger partial charge on any atom is -0.493 e. The molecule has 132 valence electrons. The van der Waals surface area contributed by atoms with Crippen LogP contribution in [0.25, 0.3) is 0 Å². The van der Waals surface area contributed by atoms with E-state index in [2.05, 4.69) is 4.90 Å². The number of carboxylic acid groups (broad SMARTS) is 1. The topological polar surface area (TPSA) is 49.8 Å². The summed E-state index contributed by atoms with van der Waals surface area (Å²) in [5.41, 5.74) is 1.92. The third-order valence-corrected chi connectivity index (χ3v) is 5.23. The third-order valence-electron chi connectivity index (χ3n) is 5.23. The number of hydrogen-bond acceptors (Lipinski definition) is 3. The first kappa shape index (κ1) is 17.2. The molecule has 1 aromatic rings. The summed E-state index contributed by atoms with van der Waals surface area (Å²) < 4.78 is 19.8. The van der Waals surface area contributed by atoms with Crippen molar-refractivity contribution in [3.63, 3.8) is 0 Å². The average Bonchev–Trinajstić information content (AvgIpc) is 3.06. The second kappa shape index (κ2) is 7.97. The summed E-state index contributed by atoms with van der Waals surface area (Å²) in [6.45, 7) is 3.58. The summed E-state index contributed by atoms with van der Waals surface area (Å²) in [7, 11) is 0. The molecule has 1 heterocycles. The predicted molar refractivity (Wildman–Crippen MR) is 90.0 cm³/mol. The summed E-state index contributed by atoms with van der Waals surface area (Å²) in [5, 5.41) is 8.69. The Morgan fingerprint density at radius 1 is 1.25 bits per heavy atom. The van der Waals surface area contributed by atoms with Crippen LogP contribution in [0.1, 0.15) is 43.2 Å². The van der Waals surface area contributed by atoms with Crippen LogP contribution in [0.2, 0.25) is 0 Å². The van der Waals surface area contributed by atoms with Gasteiger partial charge in [0.1, 0.15) is 11.6 Å². The lowest BCUT2D eigenvalue weighted by Gasteiger charge is -2.31. The van der Waals surface area contributed by atoms with Gasteiger partial charge in [0.15, 0.2) is 0 Å². The predicted octanol–water partition coefficient (Wildman–Crippen LogP) is 3.27. The number of hydrogen-bond donors (Lipinski definition) is 1. The maximum atomic E-state index is 13.8. The first-order valence-corrected chi connectivity index (χ1v) is 9.00. The fourth-order valence-corrected chi connectivity index (χ4v) is 3.80. The van der Waals surface area contributed by atoms with E-state index in [0.717, 1.165) is 75.0 Å². The lowest BCUT2D eigenvalue weighted by Crippen LogP contribution is -2.36. The Bertz CT molecular complexity index is 582. The van der Waals surface area contributed by atoms with Crippen LogP contribution in [-0.2, 0) is 17.6 Å². The van der Waals surface area contributed by atoms with Crippen molar-refractivity contribution in [1.82, 2.24) is 4.90 Å². The molecule has 2 aliphatic rings. The number of carboxylic acids is 1. The van der Waals surface area contributed by atoms with Crippen molar-refractivity contribution in [2.75, 3.05) is 26.2 Å². The van der Waals surface area contributed by atoms with E-state index < -0.39 is 5.97 Å². The van der Waals surface area contributed by atoms with Crippen LogP contribution in [0.4, 0.5) is 4.39 Å². The zero-order valence-electron chi connectivity index (χ0n) is 14.1. The number of aliphatic carboxylic acids is 1. The maximum Gasteiger partial charge on any atom is 0.303 e. The van der Waals surface area contributed by atoms with Crippen LogP contribution >= 0.6 is 0 Å². The van der Waals surface area contributed by atoms with Gasteiger partial charge in [-0.15, -0.1) is 0 Å². The zero-order chi connectivity index (χ0) is 16.9. The quantitative estimate of drug-likeness (QED) is 0.831. The molecule has 24 heavy (non-hydrogen) atoms. The monoisotopic (exact) mass is 335 g/mol. The minimum absolute atomic E-state index is 0.0930. The molecule has 1 aliphatic carbocycles. The summed E-state index contributed by atoms with van der Waals surface area (Å²) in [6.07, 6.45) is 5.89. The van der Waals surface area contributed by atoms with Crippen molar-refractivity contribution in [3.8, 4) is 5.75 Å². The molecule has 1 aromatic carbocycles. The van der Waals surface area contributed by atoms with Gasteiger partial charge in [0.25, 0.3) is 0 Å². The minimum atomic E-state index is -0.717. The number of rotatable bonds is 7. The van der Waals surface area contributed by atoms with Gasteiger partial charge < -0.3 is 14.7 Å². The number of piperidine rings is 1. The van der Waals surface area contributed by atoms with E-state index in [0.29, 0.717) is 12.5 Å². The number of fused-ring (bicyclic) bond motifs is 1. The van der Waals surface area contributed by atoms with E-state index in [1.54, 1.807) is 6.07 Å². The van der Waals surface area contributed by atoms with Crippen LogP contribution in [0.3, 0.4) is 0 Å². The summed E-state index contributed by atoms with van der Waals surface area (Å²) in [5.74, 6) is 0.588. The van der Waals surface area contributed by atoms with Gasteiger partial charge in [-0.1, -0.05) is 0 Å². The summed E-state index contributed by atoms with van der Waals surface area (Å²) in [4.78, 5) is 12.9. The van der Waals surface area contributed by atoms with E-state index in [-0.39, 0.29) is 12.2 Å². The third kappa shape index (κ3) is 4.26. The molecule has 0 spiro atoms. The normalized spacial score (nSPS) is 18.5. The van der Waals surface area contributed by atoms with E-state index >= 15 is 0 Å². The van der Waals surface area contributed by atoms with E-state index in [1.165, 1.54) is 6.07 Å². The molecule has 0 unspecified atom stereocenters. The fraction of sp³-hybridized carbons (Fsp3) is 0.632. The first-order chi connectivity index (χ1) is 11.6. The van der Waals surface area contributed by atoms with Crippen molar-refractivity contribution in [2.24, 2.45) is 5.92 Å². The molecule has 5 heteroatoms. The standard InChI is InChI=1S/C19H26FNO3/c20-17-6-7-18(16-4-1-3-15(16)17)24-13-14-8-11-21(12-9-14)10-2-5-19(22)23/h6-7,14H,1-5,8-13H2,(H,22,23). The van der Waals surface area contributed by atoms with E-state index in [9.17, 15) is 9.18 Å². The molecule has 3 rings (SSSR count). The largest absolute Gasteiger partial charge is 0.493 e. The molecule has 0 radical (unpaired) electrons. The Kier molecular flexibility index (Phi) is 5.72. The highest BCUT2D eigenvalue weighted by Gasteiger charge is 2.22. The second-order valence-corrected chi connectivity index (χ2v) is 6.95. The van der Waals surface area contributed by atoms with Crippen molar-refractivity contribution in [2.45, 2.75) is 44.9 Å². The van der Waals surface area contributed by atoms with E-state index in [4.69, 9.17) is 9.84 Å². The Morgan fingerprint density at radius 3 is 2.75 bits per heavy atom. The Balaban J connectivity index is 1.43. The van der Waals surface area contributed by atoms with Gasteiger partial charge >= 0.3 is 5.97 Å². The molecule has 0 aromatic heterocycles. The molecule has 0 bridgehead atoms. The highest BCUT2D eigenvalue weighted by molar-refractivity contribution is 5.66. The van der Waals surface area contributed by atoms with Crippen molar-refractivity contribution in [1.29, 1.82) is 0 Å². The molecule has 0 saturated carbocycles. The van der Waals surface area contributed by atoms with Crippen molar-refractivity contribution < 1.29 is 19.0 Å². The highest BCUT2D eigenvalue weighted by atomic mass is 19.1. The van der Waals surface area contributed by atoms with Crippen LogP contribution in [0, 0.1) is 11.7 Å². The Hall–Kier alpha value is -1.62. The Morgan fingerprint density at radius 2 is 2.00 bits per heavy atom. The molecule has 4 nitrogen and oxygen atoms in total. The zero-order valence-corrected chi connectivity index (χ0v) is 14.1. The average molecular weight is 335 g/mol. The molecule has 1 saturated heterocycles. The lowest BCUT2D eigenvalue weighted by molar-refractivity contribution is -0.137. The summed E-state index contributed by atoms with van der Waals surface area (Å²) >= 11 is 0. The van der Waals surface area contributed by atoms with Crippen LogP contribution < -0.4 is 4.74 Å². The van der Waals surface area contributed by atoms with Crippen LogP contribution in [0.15, 0.2) is 12.1 Å². The Labute approximate surface area is 142 Å². The molecule has 1 fully saturated rings. The lowest BCUT2D eigenvalue weighted by atomic mass is 9.97. The number of nitrogens with zero attached hydrogens (tertiary/aromatic N) is 1. The van der Waals surface area contributed by atoms with Gasteiger partial charge in [-0.25, -0.2) is 4.39 Å². The van der Waals surface area contributed by atoms with Gasteiger partial charge in [-0.3, -0.25) is 4.79 Å². The number of benzene rings is 1. The molecular formula is C19H26FNO3. The first-order valence-electron chi connectivity index (χ1n) is 9.00. The molecule has 0 atom stereocenters. The van der Waals surface area contributed by atoms with Gasteiger partial charge in [0, 0.05) is 12.0 Å². The smallest absolute Gasteiger partial charge is 0.303 e. The second-order valence-electron chi connectivity index (χ2n) is 6.95. The molecular weight excluding hydrogens is 309 g/mol. The van der Waals surface area contributed by atoms with Gasteiger partial charge in [-0.2, -0.15) is 0 Å². The number of likely N-dealkylation sites (tertiary alicyclic amines) is 1. The van der Waals surface area contributed by atoms with Crippen LogP contribution in [0.5, 0.6) is 5.75 Å². The van der Waals surface area contributed by atoms with Crippen molar-refractivity contribution >= 4 is 5.97 Å². The maximum absolute atomic E-state index is 13.8. The highest BCUT2D eigenvalue weighted by Crippen LogP contribution is 2.33.